The maximum Gasteiger partial charge on any atom is 0.278 e. The molecule has 0 atom stereocenters. The zero-order valence-corrected chi connectivity index (χ0v) is 21.1. The van der Waals surface area contributed by atoms with Gasteiger partial charge in [0.15, 0.2) is 11.5 Å². The zero-order chi connectivity index (χ0) is 25.4. The van der Waals surface area contributed by atoms with Crippen LogP contribution >= 0.6 is 11.6 Å². The maximum atomic E-state index is 13.7. The number of halogens is 1. The number of benzene rings is 3. The summed E-state index contributed by atoms with van der Waals surface area (Å²) >= 11 is 6.24. The molecule has 0 bridgehead atoms. The molecule has 1 aromatic heterocycles. The minimum absolute atomic E-state index is 0.119. The number of hydrogen-bond acceptors (Lipinski definition) is 4. The summed E-state index contributed by atoms with van der Waals surface area (Å²) in [6, 6.07) is 18.7. The minimum Gasteiger partial charge on any atom is -0.493 e. The van der Waals surface area contributed by atoms with E-state index in [9.17, 15) is 9.59 Å². The van der Waals surface area contributed by atoms with Crippen molar-refractivity contribution < 1.29 is 14.3 Å². The summed E-state index contributed by atoms with van der Waals surface area (Å²) in [7, 11) is 1.57. The maximum absolute atomic E-state index is 13.7. The lowest BCUT2D eigenvalue weighted by atomic mass is 10.0. The molecule has 0 saturated carbocycles. The second-order valence-electron chi connectivity index (χ2n) is 8.82. The first kappa shape index (κ1) is 23.8. The van der Waals surface area contributed by atoms with E-state index in [0.29, 0.717) is 40.1 Å². The van der Waals surface area contributed by atoms with Crippen molar-refractivity contribution in [3.63, 3.8) is 0 Å². The van der Waals surface area contributed by atoms with Crippen molar-refractivity contribution in [3.05, 3.63) is 104 Å². The predicted molar refractivity (Wildman–Crippen MR) is 139 cm³/mol. The smallest absolute Gasteiger partial charge is 0.278 e. The van der Waals surface area contributed by atoms with Crippen molar-refractivity contribution in [2.75, 3.05) is 7.11 Å². The van der Waals surface area contributed by atoms with Crippen LogP contribution in [-0.4, -0.2) is 22.4 Å². The number of hydrogen-bond donors (Lipinski definition) is 1. The lowest BCUT2D eigenvalue weighted by Crippen LogP contribution is -2.31. The third kappa shape index (κ3) is 4.27. The van der Waals surface area contributed by atoms with Crippen LogP contribution in [0.15, 0.2) is 65.5 Å². The first-order valence-electron chi connectivity index (χ1n) is 11.6. The van der Waals surface area contributed by atoms with Crippen LogP contribution in [0.3, 0.4) is 0 Å². The van der Waals surface area contributed by atoms with Crippen molar-refractivity contribution in [1.29, 1.82) is 0 Å². The molecule has 1 N–H and O–H groups in total. The molecule has 1 aliphatic rings. The lowest BCUT2D eigenvalue weighted by molar-refractivity contribution is -0.122. The van der Waals surface area contributed by atoms with Crippen LogP contribution in [-0.2, 0) is 24.3 Å². The van der Waals surface area contributed by atoms with Crippen molar-refractivity contribution in [2.45, 2.75) is 33.4 Å². The number of fused-ring (bicyclic) bond motifs is 2. The quantitative estimate of drug-likeness (QED) is 0.356. The number of nitrogens with zero attached hydrogens (tertiary/aromatic N) is 2. The van der Waals surface area contributed by atoms with Crippen LogP contribution in [0.5, 0.6) is 17.4 Å². The zero-order valence-electron chi connectivity index (χ0n) is 20.3. The van der Waals surface area contributed by atoms with Gasteiger partial charge in [0.1, 0.15) is 6.54 Å². The van der Waals surface area contributed by atoms with Gasteiger partial charge in [-0.15, -0.1) is 0 Å². The van der Waals surface area contributed by atoms with E-state index in [4.69, 9.17) is 21.1 Å². The standard InChI is InChI=1S/C28H26ClN3O4/c1-17-11-12-21(13-18(17)2)32-27(34)22-14-19-8-6-10-24(35-3)26(19)36-28(22)31(32)16-25(33)30-15-20-7-4-5-9-23(20)29/h4-13H,14-16H2,1-3H3,(H,30,33). The van der Waals surface area contributed by atoms with Gasteiger partial charge < -0.3 is 14.8 Å². The molecule has 8 heteroatoms. The molecular weight excluding hydrogens is 478 g/mol. The first-order chi connectivity index (χ1) is 17.4. The highest BCUT2D eigenvalue weighted by atomic mass is 35.5. The van der Waals surface area contributed by atoms with Crippen molar-refractivity contribution in [2.24, 2.45) is 0 Å². The van der Waals surface area contributed by atoms with Gasteiger partial charge in [-0.25, -0.2) is 9.36 Å². The molecule has 0 aliphatic carbocycles. The third-order valence-corrected chi connectivity index (χ3v) is 6.86. The van der Waals surface area contributed by atoms with E-state index in [1.807, 2.05) is 68.4 Å². The normalized spacial score (nSPS) is 11.9. The van der Waals surface area contributed by atoms with Crippen LogP contribution in [0, 0.1) is 13.8 Å². The van der Waals surface area contributed by atoms with Gasteiger partial charge in [0.05, 0.1) is 18.4 Å². The SMILES string of the molecule is COc1cccc2c1Oc1c(c(=O)n(-c3ccc(C)c(C)c3)n1CC(=O)NCc1ccccc1Cl)C2. The summed E-state index contributed by atoms with van der Waals surface area (Å²) in [4.78, 5) is 26.8. The summed E-state index contributed by atoms with van der Waals surface area (Å²) in [6.45, 7) is 4.16. The Morgan fingerprint density at radius 3 is 2.64 bits per heavy atom. The summed E-state index contributed by atoms with van der Waals surface area (Å²) < 4.78 is 14.9. The molecule has 0 saturated heterocycles. The molecular formula is C28H26ClN3O4. The summed E-state index contributed by atoms with van der Waals surface area (Å²) in [6.07, 6.45) is 0.375. The fraction of sp³-hybridized carbons (Fsp3) is 0.214. The summed E-state index contributed by atoms with van der Waals surface area (Å²) in [5.41, 5.74) is 4.75. The van der Waals surface area contributed by atoms with Gasteiger partial charge in [-0.3, -0.25) is 9.59 Å². The predicted octanol–water partition coefficient (Wildman–Crippen LogP) is 4.93. The fourth-order valence-corrected chi connectivity index (χ4v) is 4.59. The highest BCUT2D eigenvalue weighted by Gasteiger charge is 2.30. The number of rotatable bonds is 6. The van der Waals surface area contributed by atoms with Gasteiger partial charge in [-0.1, -0.05) is 48.0 Å². The highest BCUT2D eigenvalue weighted by Crippen LogP contribution is 2.41. The Bertz CT molecular complexity index is 1540. The van der Waals surface area contributed by atoms with Crippen molar-refractivity contribution in [1.82, 2.24) is 14.7 Å². The number of carbonyl (C=O) groups is 1. The van der Waals surface area contributed by atoms with E-state index < -0.39 is 0 Å². The van der Waals surface area contributed by atoms with Crippen LogP contribution in [0.25, 0.3) is 5.69 Å². The Kier molecular flexibility index (Phi) is 6.33. The van der Waals surface area contributed by atoms with Gasteiger partial charge in [0.2, 0.25) is 11.8 Å². The molecule has 184 valence electrons. The molecule has 5 rings (SSSR count). The Hall–Kier alpha value is -3.97. The molecule has 7 nitrogen and oxygen atoms in total. The Balaban J connectivity index is 1.56. The Morgan fingerprint density at radius 1 is 1.08 bits per heavy atom. The monoisotopic (exact) mass is 503 g/mol. The van der Waals surface area contributed by atoms with Crippen LogP contribution < -0.4 is 20.3 Å². The fourth-order valence-electron chi connectivity index (χ4n) is 4.39. The molecule has 3 aromatic carbocycles. The van der Waals surface area contributed by atoms with Crippen molar-refractivity contribution in [3.8, 4) is 23.1 Å². The summed E-state index contributed by atoms with van der Waals surface area (Å²) in [5.74, 6) is 1.18. The van der Waals surface area contributed by atoms with Gasteiger partial charge in [-0.05, 0) is 54.8 Å². The van der Waals surface area contributed by atoms with Crippen LogP contribution in [0.2, 0.25) is 5.02 Å². The van der Waals surface area contributed by atoms with E-state index in [1.165, 1.54) is 4.68 Å². The molecule has 1 amide bonds. The van der Waals surface area contributed by atoms with E-state index in [0.717, 1.165) is 22.3 Å². The molecule has 0 unspecified atom stereocenters. The Labute approximate surface area is 213 Å². The van der Waals surface area contributed by atoms with Crippen LogP contribution in [0.1, 0.15) is 27.8 Å². The number of carbonyl (C=O) groups excluding carboxylic acids is 1. The van der Waals surface area contributed by atoms with E-state index >= 15 is 0 Å². The average Bonchev–Trinajstić information content (AvgIpc) is 3.14. The number of aryl methyl sites for hydroxylation is 2. The largest absolute Gasteiger partial charge is 0.493 e. The average molecular weight is 504 g/mol. The van der Waals surface area contributed by atoms with E-state index in [2.05, 4.69) is 5.32 Å². The first-order valence-corrected chi connectivity index (χ1v) is 12.0. The molecule has 1 aliphatic heterocycles. The number of aromatic nitrogens is 2. The van der Waals surface area contributed by atoms with Gasteiger partial charge >= 0.3 is 0 Å². The molecule has 36 heavy (non-hydrogen) atoms. The van der Waals surface area contributed by atoms with Gasteiger partial charge in [0.25, 0.3) is 5.56 Å². The van der Waals surface area contributed by atoms with E-state index in [1.54, 1.807) is 17.9 Å². The number of nitrogens with one attached hydrogen (secondary N) is 1. The number of para-hydroxylation sites is 1. The molecule has 0 spiro atoms. The third-order valence-electron chi connectivity index (χ3n) is 6.49. The second kappa shape index (κ2) is 9.59. The van der Waals surface area contributed by atoms with Crippen LogP contribution in [0.4, 0.5) is 0 Å². The molecule has 0 radical (unpaired) electrons. The molecule has 2 heterocycles. The topological polar surface area (TPSA) is 74.5 Å². The van der Waals surface area contributed by atoms with Gasteiger partial charge in [0, 0.05) is 23.6 Å². The highest BCUT2D eigenvalue weighted by molar-refractivity contribution is 6.31. The molecule has 0 fully saturated rings. The second-order valence-corrected chi connectivity index (χ2v) is 9.23. The van der Waals surface area contributed by atoms with Gasteiger partial charge in [-0.2, -0.15) is 0 Å². The van der Waals surface area contributed by atoms with E-state index in [-0.39, 0.29) is 24.6 Å². The molecule has 4 aromatic rings. The lowest BCUT2D eigenvalue weighted by Gasteiger charge is -2.21. The Morgan fingerprint density at radius 2 is 1.89 bits per heavy atom. The number of ether oxygens (including phenoxy) is 2. The summed E-state index contributed by atoms with van der Waals surface area (Å²) in [5, 5.41) is 3.48. The number of methoxy groups -OCH3 is 1. The minimum atomic E-state index is -0.278. The number of amides is 1. The van der Waals surface area contributed by atoms with Crippen molar-refractivity contribution >= 4 is 17.5 Å².